The van der Waals surface area contributed by atoms with Crippen molar-refractivity contribution in [3.63, 3.8) is 0 Å². The SMILES string of the molecule is O=C(Nc1nccs1)C1CC(c2ccc3c(c2)CCO3)NN1. The lowest BCUT2D eigenvalue weighted by Gasteiger charge is -2.11. The highest BCUT2D eigenvalue weighted by Gasteiger charge is 2.31. The lowest BCUT2D eigenvalue weighted by atomic mass is 9.99. The topological polar surface area (TPSA) is 75.3 Å². The van der Waals surface area contributed by atoms with E-state index in [2.05, 4.69) is 33.3 Å². The van der Waals surface area contributed by atoms with Crippen molar-refractivity contribution in [2.24, 2.45) is 0 Å². The summed E-state index contributed by atoms with van der Waals surface area (Å²) < 4.78 is 5.53. The smallest absolute Gasteiger partial charge is 0.244 e. The molecule has 1 aromatic heterocycles. The van der Waals surface area contributed by atoms with Crippen molar-refractivity contribution < 1.29 is 9.53 Å². The highest BCUT2D eigenvalue weighted by molar-refractivity contribution is 7.13. The van der Waals surface area contributed by atoms with Crippen LogP contribution >= 0.6 is 11.3 Å². The average molecular weight is 316 g/mol. The van der Waals surface area contributed by atoms with Crippen molar-refractivity contribution in [2.75, 3.05) is 11.9 Å². The van der Waals surface area contributed by atoms with Gasteiger partial charge in [0.1, 0.15) is 11.8 Å². The zero-order chi connectivity index (χ0) is 14.9. The van der Waals surface area contributed by atoms with Gasteiger partial charge >= 0.3 is 0 Å². The molecule has 2 unspecified atom stereocenters. The first kappa shape index (κ1) is 13.7. The van der Waals surface area contributed by atoms with Gasteiger partial charge in [-0.05, 0) is 23.6 Å². The lowest BCUT2D eigenvalue weighted by Crippen LogP contribution is -2.39. The van der Waals surface area contributed by atoms with Crippen molar-refractivity contribution >= 4 is 22.4 Å². The molecule has 3 N–H and O–H groups in total. The van der Waals surface area contributed by atoms with Gasteiger partial charge in [-0.3, -0.25) is 4.79 Å². The Hall–Kier alpha value is -1.96. The molecule has 2 aliphatic rings. The van der Waals surface area contributed by atoms with Crippen LogP contribution in [-0.2, 0) is 11.2 Å². The third-order valence-electron chi connectivity index (χ3n) is 4.00. The molecule has 0 radical (unpaired) electrons. The van der Waals surface area contributed by atoms with Gasteiger partial charge in [-0.2, -0.15) is 0 Å². The fraction of sp³-hybridized carbons (Fsp3) is 0.333. The number of thiazole rings is 1. The van der Waals surface area contributed by atoms with Crippen LogP contribution < -0.4 is 20.9 Å². The molecule has 0 bridgehead atoms. The molecule has 2 aromatic rings. The van der Waals surface area contributed by atoms with Crippen LogP contribution in [0.1, 0.15) is 23.6 Å². The number of rotatable bonds is 3. The van der Waals surface area contributed by atoms with E-state index in [-0.39, 0.29) is 18.0 Å². The molecular formula is C15H16N4O2S. The van der Waals surface area contributed by atoms with Crippen molar-refractivity contribution in [3.05, 3.63) is 40.9 Å². The summed E-state index contributed by atoms with van der Waals surface area (Å²) in [6.45, 7) is 0.758. The highest BCUT2D eigenvalue weighted by Crippen LogP contribution is 2.30. The van der Waals surface area contributed by atoms with Gasteiger partial charge in [0.25, 0.3) is 0 Å². The summed E-state index contributed by atoms with van der Waals surface area (Å²) in [6.07, 6.45) is 3.34. The number of nitrogens with one attached hydrogen (secondary N) is 3. The summed E-state index contributed by atoms with van der Waals surface area (Å²) in [4.78, 5) is 16.3. The maximum atomic E-state index is 12.2. The minimum absolute atomic E-state index is 0.0607. The van der Waals surface area contributed by atoms with E-state index >= 15 is 0 Å². The Morgan fingerprint density at radius 2 is 2.36 bits per heavy atom. The molecule has 1 amide bonds. The minimum Gasteiger partial charge on any atom is -0.493 e. The monoisotopic (exact) mass is 316 g/mol. The van der Waals surface area contributed by atoms with E-state index in [1.54, 1.807) is 6.20 Å². The van der Waals surface area contributed by atoms with Crippen molar-refractivity contribution in [3.8, 4) is 5.75 Å². The molecular weight excluding hydrogens is 300 g/mol. The molecule has 2 atom stereocenters. The standard InChI is InChI=1S/C15H16N4O2S/c20-14(17-15-16-4-6-22-15)12-8-11(18-19-12)9-1-2-13-10(7-9)3-5-21-13/h1-2,4,6-7,11-12,18-19H,3,5,8H2,(H,16,17,20). The maximum Gasteiger partial charge on any atom is 0.244 e. The van der Waals surface area contributed by atoms with Gasteiger partial charge in [0.05, 0.1) is 6.61 Å². The maximum absolute atomic E-state index is 12.2. The number of hydrazine groups is 1. The molecule has 114 valence electrons. The third-order valence-corrected chi connectivity index (χ3v) is 4.69. The number of hydrogen-bond donors (Lipinski definition) is 3. The zero-order valence-electron chi connectivity index (χ0n) is 11.8. The van der Waals surface area contributed by atoms with Gasteiger partial charge in [-0.1, -0.05) is 12.1 Å². The summed E-state index contributed by atoms with van der Waals surface area (Å²) in [6, 6.07) is 6.10. The Kier molecular flexibility index (Phi) is 3.53. The second kappa shape index (κ2) is 5.68. The summed E-state index contributed by atoms with van der Waals surface area (Å²) >= 11 is 1.42. The van der Waals surface area contributed by atoms with Crippen LogP contribution in [0.2, 0.25) is 0 Å². The van der Waals surface area contributed by atoms with Crippen LogP contribution in [-0.4, -0.2) is 23.5 Å². The fourth-order valence-electron chi connectivity index (χ4n) is 2.85. The van der Waals surface area contributed by atoms with E-state index in [0.717, 1.165) is 18.8 Å². The Bertz CT molecular complexity index is 689. The van der Waals surface area contributed by atoms with E-state index < -0.39 is 0 Å². The van der Waals surface area contributed by atoms with Crippen molar-refractivity contribution in [1.29, 1.82) is 0 Å². The van der Waals surface area contributed by atoms with Crippen LogP contribution in [0.3, 0.4) is 0 Å². The largest absolute Gasteiger partial charge is 0.493 e. The number of fused-ring (bicyclic) bond motifs is 1. The second-order valence-corrected chi connectivity index (χ2v) is 6.32. The molecule has 22 heavy (non-hydrogen) atoms. The first-order chi connectivity index (χ1) is 10.8. The quantitative estimate of drug-likeness (QED) is 0.802. The lowest BCUT2D eigenvalue weighted by molar-refractivity contribution is -0.117. The molecule has 1 aromatic carbocycles. The fourth-order valence-corrected chi connectivity index (χ4v) is 3.38. The van der Waals surface area contributed by atoms with Crippen LogP contribution in [0.25, 0.3) is 0 Å². The molecule has 7 heteroatoms. The number of ether oxygens (including phenoxy) is 1. The van der Waals surface area contributed by atoms with E-state index in [4.69, 9.17) is 4.74 Å². The zero-order valence-corrected chi connectivity index (χ0v) is 12.7. The molecule has 1 fully saturated rings. The van der Waals surface area contributed by atoms with Crippen molar-refractivity contribution in [1.82, 2.24) is 15.8 Å². The van der Waals surface area contributed by atoms with Gasteiger partial charge in [-0.25, -0.2) is 15.8 Å². The molecule has 2 aliphatic heterocycles. The second-order valence-electron chi connectivity index (χ2n) is 5.42. The van der Waals surface area contributed by atoms with Gasteiger partial charge in [0.15, 0.2) is 5.13 Å². The summed E-state index contributed by atoms with van der Waals surface area (Å²) in [5.74, 6) is 0.919. The number of nitrogens with zero attached hydrogens (tertiary/aromatic N) is 1. The molecule has 1 saturated heterocycles. The predicted molar refractivity (Wildman–Crippen MR) is 83.8 cm³/mol. The third kappa shape index (κ3) is 2.58. The number of amides is 1. The number of benzene rings is 1. The van der Waals surface area contributed by atoms with Crippen molar-refractivity contribution in [2.45, 2.75) is 24.9 Å². The Morgan fingerprint density at radius 1 is 1.41 bits per heavy atom. The number of carbonyl (C=O) groups is 1. The first-order valence-electron chi connectivity index (χ1n) is 7.26. The summed E-state index contributed by atoms with van der Waals surface area (Å²) in [5, 5.41) is 5.29. The number of anilines is 1. The predicted octanol–water partition coefficient (Wildman–Crippen LogP) is 1.62. The number of carbonyl (C=O) groups excluding carboxylic acids is 1. The minimum atomic E-state index is -0.265. The summed E-state index contributed by atoms with van der Waals surface area (Å²) in [5.41, 5.74) is 8.70. The molecule has 4 rings (SSSR count). The van der Waals surface area contributed by atoms with Gasteiger partial charge in [0, 0.05) is 24.0 Å². The van der Waals surface area contributed by atoms with E-state index in [1.165, 1.54) is 22.5 Å². The van der Waals surface area contributed by atoms with Crippen LogP contribution in [0.15, 0.2) is 29.8 Å². The Labute approximate surface area is 131 Å². The van der Waals surface area contributed by atoms with E-state index in [1.807, 2.05) is 11.4 Å². The van der Waals surface area contributed by atoms with Crippen LogP contribution in [0.5, 0.6) is 5.75 Å². The van der Waals surface area contributed by atoms with Crippen LogP contribution in [0, 0.1) is 0 Å². The van der Waals surface area contributed by atoms with Crippen LogP contribution in [0.4, 0.5) is 5.13 Å². The molecule has 3 heterocycles. The Morgan fingerprint density at radius 3 is 3.23 bits per heavy atom. The Balaban J connectivity index is 1.42. The van der Waals surface area contributed by atoms with Gasteiger partial charge in [0.2, 0.25) is 5.91 Å². The number of hydrogen-bond acceptors (Lipinski definition) is 6. The van der Waals surface area contributed by atoms with Gasteiger partial charge in [-0.15, -0.1) is 11.3 Å². The first-order valence-corrected chi connectivity index (χ1v) is 8.14. The molecule has 0 aliphatic carbocycles. The normalized spacial score (nSPS) is 23.1. The number of aromatic nitrogens is 1. The average Bonchev–Trinajstić information content (AvgIpc) is 3.27. The summed E-state index contributed by atoms with van der Waals surface area (Å²) in [7, 11) is 0. The van der Waals surface area contributed by atoms with Gasteiger partial charge < -0.3 is 10.1 Å². The highest BCUT2D eigenvalue weighted by atomic mass is 32.1. The molecule has 0 saturated carbocycles. The molecule has 6 nitrogen and oxygen atoms in total. The van der Waals surface area contributed by atoms with E-state index in [0.29, 0.717) is 11.6 Å². The van der Waals surface area contributed by atoms with E-state index in [9.17, 15) is 4.79 Å². The molecule has 0 spiro atoms.